The van der Waals surface area contributed by atoms with Crippen LogP contribution in [0.25, 0.3) is 55.8 Å². The van der Waals surface area contributed by atoms with Crippen molar-refractivity contribution in [3.63, 3.8) is 0 Å². The van der Waals surface area contributed by atoms with Crippen LogP contribution in [0, 0.1) is 0 Å². The van der Waals surface area contributed by atoms with Gasteiger partial charge < -0.3 is 4.74 Å². The zero-order valence-electron chi connectivity index (χ0n) is 25.5. The predicted octanol–water partition coefficient (Wildman–Crippen LogP) is 10.1. The summed E-state index contributed by atoms with van der Waals surface area (Å²) in [5, 5.41) is 2.49. The second-order valence-electron chi connectivity index (χ2n) is 12.0. The molecule has 2 heterocycles. The van der Waals surface area contributed by atoms with E-state index in [4.69, 9.17) is 19.7 Å². The maximum Gasteiger partial charge on any atom is 0.164 e. The fourth-order valence-corrected chi connectivity index (χ4v) is 6.83. The molecule has 0 radical (unpaired) electrons. The first-order valence-electron chi connectivity index (χ1n) is 15.9. The minimum absolute atomic E-state index is 0.0421. The van der Waals surface area contributed by atoms with E-state index in [2.05, 4.69) is 97.1 Å². The normalized spacial score (nSPS) is 16.5. The van der Waals surface area contributed by atoms with E-state index >= 15 is 0 Å². The lowest BCUT2D eigenvalue weighted by Gasteiger charge is -2.25. The third kappa shape index (κ3) is 4.91. The van der Waals surface area contributed by atoms with E-state index in [1.165, 1.54) is 21.9 Å². The average molecular weight is 604 g/mol. The second-order valence-corrected chi connectivity index (χ2v) is 12.0. The summed E-state index contributed by atoms with van der Waals surface area (Å²) in [5.74, 6) is 2.81. The van der Waals surface area contributed by atoms with Gasteiger partial charge in [-0.1, -0.05) is 146 Å². The molecule has 0 saturated carbocycles. The smallest absolute Gasteiger partial charge is 0.164 e. The molecular formula is C43H29N3O. The van der Waals surface area contributed by atoms with Gasteiger partial charge in [-0.15, -0.1) is 0 Å². The van der Waals surface area contributed by atoms with Gasteiger partial charge in [0, 0.05) is 22.3 Å². The van der Waals surface area contributed by atoms with E-state index in [0.717, 1.165) is 39.1 Å². The minimum Gasteiger partial charge on any atom is -0.485 e. The lowest BCUT2D eigenvalue weighted by Crippen LogP contribution is -2.22. The molecule has 0 bridgehead atoms. The molecule has 0 spiro atoms. The van der Waals surface area contributed by atoms with Gasteiger partial charge in [0.15, 0.2) is 17.5 Å². The molecule has 4 heteroatoms. The third-order valence-corrected chi connectivity index (χ3v) is 9.11. The fraction of sp³-hybridized carbons (Fsp3) is 0.0465. The van der Waals surface area contributed by atoms with Gasteiger partial charge in [-0.3, -0.25) is 0 Å². The van der Waals surface area contributed by atoms with Gasteiger partial charge in [-0.25, -0.2) is 15.0 Å². The number of allylic oxidation sites excluding steroid dienone is 2. The van der Waals surface area contributed by atoms with Crippen molar-refractivity contribution in [1.82, 2.24) is 15.0 Å². The quantitative estimate of drug-likeness (QED) is 0.196. The van der Waals surface area contributed by atoms with Crippen LogP contribution in [0.1, 0.15) is 22.9 Å². The standard InChI is InChI=1S/C43H29N3O/c1-3-13-31(14-4-1)41-44-42(32-15-5-2-6-16-32)46-43(45-41)37-26-33(27-39-40(37)36-19-9-10-21-38(36)47-39)28-22-24-30(25-23-28)35-20-11-17-29-12-7-8-18-34(29)35/h1-27,39-40H. The molecule has 1 aromatic heterocycles. The Morgan fingerprint density at radius 2 is 1.06 bits per heavy atom. The summed E-state index contributed by atoms with van der Waals surface area (Å²) in [7, 11) is 0. The molecule has 0 fully saturated rings. The molecule has 7 aromatic rings. The molecule has 4 nitrogen and oxygen atoms in total. The van der Waals surface area contributed by atoms with Crippen LogP contribution in [0.2, 0.25) is 0 Å². The highest BCUT2D eigenvalue weighted by atomic mass is 16.5. The van der Waals surface area contributed by atoms with Crippen LogP contribution >= 0.6 is 0 Å². The number of hydrogen-bond acceptors (Lipinski definition) is 4. The monoisotopic (exact) mass is 603 g/mol. The molecule has 6 aromatic carbocycles. The number of ether oxygens (including phenoxy) is 1. The largest absolute Gasteiger partial charge is 0.485 e. The average Bonchev–Trinajstić information content (AvgIpc) is 3.53. The molecule has 0 saturated heterocycles. The summed E-state index contributed by atoms with van der Waals surface area (Å²) in [4.78, 5) is 15.2. The Morgan fingerprint density at radius 3 is 1.81 bits per heavy atom. The van der Waals surface area contributed by atoms with Crippen LogP contribution < -0.4 is 4.74 Å². The highest BCUT2D eigenvalue weighted by molar-refractivity contribution is 5.97. The van der Waals surface area contributed by atoms with E-state index in [-0.39, 0.29) is 12.0 Å². The lowest BCUT2D eigenvalue weighted by atomic mass is 9.80. The van der Waals surface area contributed by atoms with E-state index < -0.39 is 0 Å². The summed E-state index contributed by atoms with van der Waals surface area (Å²) in [5.41, 5.74) is 8.68. The third-order valence-electron chi connectivity index (χ3n) is 9.11. The van der Waals surface area contributed by atoms with Gasteiger partial charge in [0.2, 0.25) is 0 Å². The number of benzene rings is 6. The molecule has 1 aliphatic carbocycles. The summed E-state index contributed by atoms with van der Waals surface area (Å²) < 4.78 is 6.60. The van der Waals surface area contributed by atoms with Crippen LogP contribution in [0.4, 0.5) is 0 Å². The minimum atomic E-state index is -0.183. The molecule has 9 rings (SSSR count). The van der Waals surface area contributed by atoms with Crippen LogP contribution in [-0.2, 0) is 0 Å². The molecule has 0 amide bonds. The van der Waals surface area contributed by atoms with Crippen LogP contribution in [0.15, 0.2) is 164 Å². The Hall–Kier alpha value is -6.13. The number of para-hydroxylation sites is 1. The van der Waals surface area contributed by atoms with Crippen LogP contribution in [0.3, 0.4) is 0 Å². The number of rotatable bonds is 5. The number of aromatic nitrogens is 3. The Balaban J connectivity index is 1.19. The van der Waals surface area contributed by atoms with Gasteiger partial charge in [0.05, 0.1) is 5.92 Å². The molecular weight excluding hydrogens is 574 g/mol. The van der Waals surface area contributed by atoms with Gasteiger partial charge in [0.25, 0.3) is 0 Å². The highest BCUT2D eigenvalue weighted by Gasteiger charge is 2.40. The zero-order valence-corrected chi connectivity index (χ0v) is 25.5. The molecule has 1 aliphatic heterocycles. The Labute approximate surface area is 273 Å². The van der Waals surface area contributed by atoms with Crippen molar-refractivity contribution in [1.29, 1.82) is 0 Å². The predicted molar refractivity (Wildman–Crippen MR) is 190 cm³/mol. The molecule has 0 N–H and O–H groups in total. The van der Waals surface area contributed by atoms with Crippen molar-refractivity contribution in [2.75, 3.05) is 0 Å². The summed E-state index contributed by atoms with van der Waals surface area (Å²) in [6.45, 7) is 0. The SMILES string of the molecule is C1=C(c2ccc(-c3cccc4ccccc34)cc2)C=C(c2nc(-c3ccccc3)nc(-c3ccccc3)n2)C2c3ccccc3OC12. The van der Waals surface area contributed by atoms with Gasteiger partial charge in [-0.2, -0.15) is 0 Å². The van der Waals surface area contributed by atoms with Gasteiger partial charge >= 0.3 is 0 Å². The number of nitrogens with zero attached hydrogens (tertiary/aromatic N) is 3. The molecule has 222 valence electrons. The van der Waals surface area contributed by atoms with Crippen LogP contribution in [0.5, 0.6) is 5.75 Å². The fourth-order valence-electron chi connectivity index (χ4n) is 6.83. The number of hydrogen-bond donors (Lipinski definition) is 0. The summed E-state index contributed by atoms with van der Waals surface area (Å²) in [6, 6.07) is 52.4. The van der Waals surface area contributed by atoms with Gasteiger partial charge in [0.1, 0.15) is 11.9 Å². The zero-order chi connectivity index (χ0) is 31.2. The van der Waals surface area contributed by atoms with Crippen molar-refractivity contribution in [2.45, 2.75) is 12.0 Å². The van der Waals surface area contributed by atoms with Crippen molar-refractivity contribution in [3.8, 4) is 39.7 Å². The topological polar surface area (TPSA) is 47.9 Å². The molecule has 2 atom stereocenters. The number of fused-ring (bicyclic) bond motifs is 4. The van der Waals surface area contributed by atoms with E-state index in [1.807, 2.05) is 66.7 Å². The maximum atomic E-state index is 6.60. The van der Waals surface area contributed by atoms with Crippen LogP contribution in [-0.4, -0.2) is 21.1 Å². The maximum absolute atomic E-state index is 6.60. The first-order chi connectivity index (χ1) is 23.3. The Bertz CT molecular complexity index is 2260. The Kier molecular flexibility index (Phi) is 6.57. The first-order valence-corrected chi connectivity index (χ1v) is 15.9. The summed E-state index contributed by atoms with van der Waals surface area (Å²) >= 11 is 0. The van der Waals surface area contributed by atoms with Crippen molar-refractivity contribution >= 4 is 21.9 Å². The van der Waals surface area contributed by atoms with E-state index in [1.54, 1.807) is 0 Å². The van der Waals surface area contributed by atoms with E-state index in [9.17, 15) is 0 Å². The van der Waals surface area contributed by atoms with Crippen molar-refractivity contribution < 1.29 is 4.74 Å². The summed E-state index contributed by atoms with van der Waals surface area (Å²) in [6.07, 6.45) is 4.31. The molecule has 47 heavy (non-hydrogen) atoms. The molecule has 2 unspecified atom stereocenters. The lowest BCUT2D eigenvalue weighted by molar-refractivity contribution is 0.272. The molecule has 2 aliphatic rings. The van der Waals surface area contributed by atoms with E-state index in [0.29, 0.717) is 17.5 Å². The Morgan fingerprint density at radius 1 is 0.468 bits per heavy atom. The first kappa shape index (κ1) is 27.2. The van der Waals surface area contributed by atoms with Crippen molar-refractivity contribution in [2.24, 2.45) is 0 Å². The highest BCUT2D eigenvalue weighted by Crippen LogP contribution is 2.49. The second kappa shape index (κ2) is 11.3. The van der Waals surface area contributed by atoms with Crippen molar-refractivity contribution in [3.05, 3.63) is 181 Å². The van der Waals surface area contributed by atoms with Gasteiger partial charge in [-0.05, 0) is 51.3 Å².